The zero-order valence-electron chi connectivity index (χ0n) is 11.1. The summed E-state index contributed by atoms with van der Waals surface area (Å²) in [4.78, 5) is 10.3. The largest absolute Gasteiger partial charge is 0.487 e. The van der Waals surface area contributed by atoms with Gasteiger partial charge in [-0.3, -0.25) is 10.1 Å². The molecule has 0 saturated carbocycles. The highest BCUT2D eigenvalue weighted by atomic mass is 16.6. The molecule has 0 aliphatic heterocycles. The van der Waals surface area contributed by atoms with Gasteiger partial charge < -0.3 is 10.1 Å². The van der Waals surface area contributed by atoms with E-state index in [-0.39, 0.29) is 11.2 Å². The van der Waals surface area contributed by atoms with E-state index >= 15 is 0 Å². The number of nitro groups is 1. The molecule has 1 N–H and O–H groups in total. The van der Waals surface area contributed by atoms with Gasteiger partial charge in [0.2, 0.25) is 0 Å². The quantitative estimate of drug-likeness (QED) is 0.480. The van der Waals surface area contributed by atoms with Crippen molar-refractivity contribution < 1.29 is 9.66 Å². The zero-order chi connectivity index (χ0) is 13.6. The molecule has 0 aliphatic rings. The molecule has 0 saturated heterocycles. The standard InChI is InChI=1S/C13H20N2O3/c1-13(2,3)14-9-6-10-18-12-8-5-4-7-11(12)15(16)17/h4-5,7-8,14H,6,9-10H2,1-3H3. The van der Waals surface area contributed by atoms with Crippen LogP contribution in [0.4, 0.5) is 5.69 Å². The molecular formula is C13H20N2O3. The van der Waals surface area contributed by atoms with E-state index in [1.165, 1.54) is 6.07 Å². The summed E-state index contributed by atoms with van der Waals surface area (Å²) in [5, 5.41) is 14.1. The highest BCUT2D eigenvalue weighted by Gasteiger charge is 2.13. The van der Waals surface area contributed by atoms with Crippen LogP contribution in [0.15, 0.2) is 24.3 Å². The Balaban J connectivity index is 2.38. The molecule has 5 nitrogen and oxygen atoms in total. The van der Waals surface area contributed by atoms with Crippen molar-refractivity contribution in [3.8, 4) is 5.75 Å². The van der Waals surface area contributed by atoms with E-state index in [9.17, 15) is 10.1 Å². The smallest absolute Gasteiger partial charge is 0.310 e. The number of hydrogen-bond acceptors (Lipinski definition) is 4. The minimum atomic E-state index is -0.428. The molecular weight excluding hydrogens is 232 g/mol. The van der Waals surface area contributed by atoms with Gasteiger partial charge in [-0.2, -0.15) is 0 Å². The van der Waals surface area contributed by atoms with Crippen LogP contribution in [0.2, 0.25) is 0 Å². The summed E-state index contributed by atoms with van der Waals surface area (Å²) >= 11 is 0. The SMILES string of the molecule is CC(C)(C)NCCCOc1ccccc1[N+](=O)[O-]. The molecule has 18 heavy (non-hydrogen) atoms. The summed E-state index contributed by atoms with van der Waals surface area (Å²) in [6.45, 7) is 7.57. The first-order valence-corrected chi connectivity index (χ1v) is 6.01. The second-order valence-corrected chi connectivity index (χ2v) is 5.10. The third-order valence-electron chi connectivity index (χ3n) is 2.30. The van der Waals surface area contributed by atoms with Gasteiger partial charge in [0.25, 0.3) is 0 Å². The van der Waals surface area contributed by atoms with Crippen LogP contribution in [0.5, 0.6) is 5.75 Å². The molecule has 100 valence electrons. The molecule has 0 heterocycles. The van der Waals surface area contributed by atoms with Crippen molar-refractivity contribution in [2.24, 2.45) is 0 Å². The number of nitro benzene ring substituents is 1. The Morgan fingerprint density at radius 2 is 2.00 bits per heavy atom. The summed E-state index contributed by atoms with van der Waals surface area (Å²) < 4.78 is 5.43. The van der Waals surface area contributed by atoms with Crippen LogP contribution in [0.3, 0.4) is 0 Å². The van der Waals surface area contributed by atoms with Crippen molar-refractivity contribution in [2.45, 2.75) is 32.7 Å². The van der Waals surface area contributed by atoms with Gasteiger partial charge in [-0.15, -0.1) is 0 Å². The van der Waals surface area contributed by atoms with Crippen LogP contribution in [0, 0.1) is 10.1 Å². The number of nitrogens with one attached hydrogen (secondary N) is 1. The predicted octanol–water partition coefficient (Wildman–Crippen LogP) is 2.75. The molecule has 0 radical (unpaired) electrons. The second-order valence-electron chi connectivity index (χ2n) is 5.10. The molecule has 0 unspecified atom stereocenters. The lowest BCUT2D eigenvalue weighted by Crippen LogP contribution is -2.36. The van der Waals surface area contributed by atoms with Gasteiger partial charge in [0.1, 0.15) is 0 Å². The van der Waals surface area contributed by atoms with Gasteiger partial charge in [0.15, 0.2) is 5.75 Å². The molecule has 0 amide bonds. The average Bonchev–Trinajstić information content (AvgIpc) is 2.27. The number of rotatable bonds is 6. The Bertz CT molecular complexity index is 399. The fourth-order valence-electron chi connectivity index (χ4n) is 1.45. The maximum Gasteiger partial charge on any atom is 0.310 e. The van der Waals surface area contributed by atoms with Crippen molar-refractivity contribution in [1.82, 2.24) is 5.32 Å². The summed E-state index contributed by atoms with van der Waals surface area (Å²) in [5.41, 5.74) is 0.0972. The summed E-state index contributed by atoms with van der Waals surface area (Å²) in [7, 11) is 0. The lowest BCUT2D eigenvalue weighted by molar-refractivity contribution is -0.385. The fourth-order valence-corrected chi connectivity index (χ4v) is 1.45. The van der Waals surface area contributed by atoms with E-state index in [0.717, 1.165) is 13.0 Å². The minimum absolute atomic E-state index is 0.0151. The second kappa shape index (κ2) is 6.35. The van der Waals surface area contributed by atoms with Crippen molar-refractivity contribution >= 4 is 5.69 Å². The van der Waals surface area contributed by atoms with Crippen LogP contribution in [-0.4, -0.2) is 23.6 Å². The Labute approximate surface area is 107 Å². The molecule has 0 aliphatic carbocycles. The molecule has 0 aromatic heterocycles. The monoisotopic (exact) mass is 252 g/mol. The third-order valence-corrected chi connectivity index (χ3v) is 2.30. The molecule has 0 atom stereocenters. The Hall–Kier alpha value is -1.62. The zero-order valence-corrected chi connectivity index (χ0v) is 11.1. The first-order chi connectivity index (χ1) is 8.40. The summed E-state index contributed by atoms with van der Waals surface area (Å²) in [6, 6.07) is 6.43. The maximum atomic E-state index is 10.8. The highest BCUT2D eigenvalue weighted by Crippen LogP contribution is 2.25. The molecule has 0 fully saturated rings. The van der Waals surface area contributed by atoms with E-state index in [1.54, 1.807) is 18.2 Å². The molecule has 0 spiro atoms. The Morgan fingerprint density at radius 1 is 1.33 bits per heavy atom. The van der Waals surface area contributed by atoms with E-state index in [4.69, 9.17) is 4.74 Å². The third kappa shape index (κ3) is 5.14. The lowest BCUT2D eigenvalue weighted by atomic mass is 10.1. The molecule has 1 rings (SSSR count). The van der Waals surface area contributed by atoms with Crippen molar-refractivity contribution in [3.05, 3.63) is 34.4 Å². The number of hydrogen-bond donors (Lipinski definition) is 1. The van der Waals surface area contributed by atoms with Crippen LogP contribution in [-0.2, 0) is 0 Å². The first-order valence-electron chi connectivity index (χ1n) is 6.01. The first kappa shape index (κ1) is 14.4. The number of para-hydroxylation sites is 2. The van der Waals surface area contributed by atoms with Gasteiger partial charge in [0, 0.05) is 11.6 Å². The van der Waals surface area contributed by atoms with Crippen molar-refractivity contribution in [1.29, 1.82) is 0 Å². The fraction of sp³-hybridized carbons (Fsp3) is 0.538. The Kier molecular flexibility index (Phi) is 5.09. The highest BCUT2D eigenvalue weighted by molar-refractivity contribution is 5.45. The number of benzene rings is 1. The van der Waals surface area contributed by atoms with Gasteiger partial charge >= 0.3 is 5.69 Å². The topological polar surface area (TPSA) is 64.4 Å². The van der Waals surface area contributed by atoms with Crippen molar-refractivity contribution in [3.63, 3.8) is 0 Å². The van der Waals surface area contributed by atoms with E-state index in [2.05, 4.69) is 26.1 Å². The molecule has 1 aromatic carbocycles. The summed E-state index contributed by atoms with van der Waals surface area (Å²) in [5.74, 6) is 0.332. The van der Waals surface area contributed by atoms with Crippen molar-refractivity contribution in [2.75, 3.05) is 13.2 Å². The molecule has 1 aromatic rings. The number of nitrogens with zero attached hydrogens (tertiary/aromatic N) is 1. The lowest BCUT2D eigenvalue weighted by Gasteiger charge is -2.20. The molecule has 5 heteroatoms. The predicted molar refractivity (Wildman–Crippen MR) is 71.0 cm³/mol. The normalized spacial score (nSPS) is 11.3. The number of ether oxygens (including phenoxy) is 1. The van der Waals surface area contributed by atoms with Crippen LogP contribution in [0.1, 0.15) is 27.2 Å². The Morgan fingerprint density at radius 3 is 2.61 bits per heavy atom. The maximum absolute atomic E-state index is 10.8. The molecule has 0 bridgehead atoms. The summed E-state index contributed by atoms with van der Waals surface area (Å²) in [6.07, 6.45) is 0.809. The van der Waals surface area contributed by atoms with E-state index < -0.39 is 4.92 Å². The van der Waals surface area contributed by atoms with E-state index in [0.29, 0.717) is 12.4 Å². The minimum Gasteiger partial charge on any atom is -0.487 e. The van der Waals surface area contributed by atoms with Crippen LogP contribution in [0.25, 0.3) is 0 Å². The van der Waals surface area contributed by atoms with Gasteiger partial charge in [-0.05, 0) is 39.8 Å². The van der Waals surface area contributed by atoms with Crippen LogP contribution >= 0.6 is 0 Å². The van der Waals surface area contributed by atoms with Crippen LogP contribution < -0.4 is 10.1 Å². The average molecular weight is 252 g/mol. The van der Waals surface area contributed by atoms with Gasteiger partial charge in [0.05, 0.1) is 11.5 Å². The van der Waals surface area contributed by atoms with E-state index in [1.807, 2.05) is 0 Å². The van der Waals surface area contributed by atoms with Gasteiger partial charge in [-0.25, -0.2) is 0 Å². The van der Waals surface area contributed by atoms with Gasteiger partial charge in [-0.1, -0.05) is 12.1 Å².